The molecule has 1 fully saturated rings. The Labute approximate surface area is 144 Å². The summed E-state index contributed by atoms with van der Waals surface area (Å²) in [5.74, 6) is 0.201. The first-order valence-electron chi connectivity index (χ1n) is 8.14. The number of nitrogens with zero attached hydrogens (tertiary/aromatic N) is 4. The lowest BCUT2D eigenvalue weighted by Crippen LogP contribution is -2.20. The fraction of sp³-hybridized carbons (Fsp3) is 0.222. The lowest BCUT2D eigenvalue weighted by atomic mass is 10.1. The summed E-state index contributed by atoms with van der Waals surface area (Å²) in [5.41, 5.74) is 1.96. The smallest absolute Gasteiger partial charge is 0.257 e. The topological polar surface area (TPSA) is 92.9 Å². The molecule has 0 aliphatic heterocycles. The lowest BCUT2D eigenvalue weighted by molar-refractivity contribution is -0.124. The third-order valence-electron chi connectivity index (χ3n) is 4.14. The molecule has 1 aromatic heterocycles. The van der Waals surface area contributed by atoms with Gasteiger partial charge in [-0.15, -0.1) is 5.10 Å². The van der Waals surface area contributed by atoms with E-state index in [0.717, 1.165) is 18.4 Å². The fourth-order valence-corrected chi connectivity index (χ4v) is 2.68. The van der Waals surface area contributed by atoms with E-state index in [9.17, 15) is 9.90 Å². The molecule has 1 amide bonds. The third-order valence-corrected chi connectivity index (χ3v) is 4.14. The Morgan fingerprint density at radius 2 is 1.96 bits per heavy atom. The van der Waals surface area contributed by atoms with Crippen LogP contribution in [0.5, 0.6) is 0 Å². The number of anilines is 1. The average molecular weight is 335 g/mol. The van der Waals surface area contributed by atoms with E-state index in [1.165, 1.54) is 0 Å². The summed E-state index contributed by atoms with van der Waals surface area (Å²) in [5, 5.41) is 24.8. The number of aromatic nitrogens is 4. The van der Waals surface area contributed by atoms with E-state index in [4.69, 9.17) is 0 Å². The van der Waals surface area contributed by atoms with E-state index in [-0.39, 0.29) is 0 Å². The maximum absolute atomic E-state index is 12.3. The van der Waals surface area contributed by atoms with Crippen LogP contribution in [-0.4, -0.2) is 31.2 Å². The van der Waals surface area contributed by atoms with Crippen molar-refractivity contribution < 1.29 is 9.90 Å². The largest absolute Gasteiger partial charge is 0.378 e. The van der Waals surface area contributed by atoms with Crippen LogP contribution in [-0.2, 0) is 4.79 Å². The van der Waals surface area contributed by atoms with Crippen molar-refractivity contribution in [2.75, 3.05) is 5.32 Å². The molecule has 3 aromatic rings. The molecule has 1 unspecified atom stereocenters. The van der Waals surface area contributed by atoms with Crippen LogP contribution in [0.1, 0.15) is 30.6 Å². The van der Waals surface area contributed by atoms with Crippen LogP contribution in [0.4, 0.5) is 5.69 Å². The van der Waals surface area contributed by atoms with Gasteiger partial charge in [0.15, 0.2) is 11.9 Å². The molecule has 4 rings (SSSR count). The minimum Gasteiger partial charge on any atom is -0.378 e. The standard InChI is InChI=1S/C18H17N5O2/c24-16(12-5-2-1-3-6-12)18(25)19-14-8-4-7-13(11-14)17-20-21-22-23(17)15-9-10-15/h1-8,11,15-16,24H,9-10H2,(H,19,25). The highest BCUT2D eigenvalue weighted by Crippen LogP contribution is 2.36. The van der Waals surface area contributed by atoms with Gasteiger partial charge in [-0.1, -0.05) is 42.5 Å². The minimum atomic E-state index is -1.22. The van der Waals surface area contributed by atoms with E-state index in [1.54, 1.807) is 36.4 Å². The van der Waals surface area contributed by atoms with Crippen molar-refractivity contribution in [3.8, 4) is 11.4 Å². The molecule has 0 radical (unpaired) electrons. The summed E-state index contributed by atoms with van der Waals surface area (Å²) in [7, 11) is 0. The van der Waals surface area contributed by atoms with Crippen LogP contribution < -0.4 is 5.32 Å². The van der Waals surface area contributed by atoms with Gasteiger partial charge in [0.2, 0.25) is 0 Å². The molecule has 25 heavy (non-hydrogen) atoms. The number of rotatable bonds is 5. The Morgan fingerprint density at radius 3 is 2.72 bits per heavy atom. The van der Waals surface area contributed by atoms with Crippen LogP contribution in [0, 0.1) is 0 Å². The number of aliphatic hydroxyl groups is 1. The molecule has 2 aromatic carbocycles. The number of carbonyl (C=O) groups excluding carboxylic acids is 1. The number of amides is 1. The van der Waals surface area contributed by atoms with Gasteiger partial charge >= 0.3 is 0 Å². The summed E-state index contributed by atoms with van der Waals surface area (Å²) >= 11 is 0. The first-order valence-corrected chi connectivity index (χ1v) is 8.14. The van der Waals surface area contributed by atoms with Gasteiger partial charge in [0.1, 0.15) is 0 Å². The summed E-state index contributed by atoms with van der Waals surface area (Å²) < 4.78 is 1.82. The quantitative estimate of drug-likeness (QED) is 0.746. The zero-order valence-corrected chi connectivity index (χ0v) is 13.4. The first-order chi connectivity index (χ1) is 12.2. The second kappa shape index (κ2) is 6.45. The van der Waals surface area contributed by atoms with E-state index >= 15 is 0 Å². The van der Waals surface area contributed by atoms with Gasteiger partial charge in [0.05, 0.1) is 6.04 Å². The molecular weight excluding hydrogens is 318 g/mol. The van der Waals surface area contributed by atoms with Crippen molar-refractivity contribution in [3.05, 3.63) is 60.2 Å². The van der Waals surface area contributed by atoms with Gasteiger partial charge in [0, 0.05) is 11.3 Å². The highest BCUT2D eigenvalue weighted by Gasteiger charge is 2.28. The van der Waals surface area contributed by atoms with E-state index in [0.29, 0.717) is 23.1 Å². The average Bonchev–Trinajstić information content (AvgIpc) is 3.38. The van der Waals surface area contributed by atoms with Crippen molar-refractivity contribution in [2.45, 2.75) is 25.0 Å². The predicted molar refractivity (Wildman–Crippen MR) is 91.6 cm³/mol. The highest BCUT2D eigenvalue weighted by molar-refractivity contribution is 5.95. The van der Waals surface area contributed by atoms with E-state index < -0.39 is 12.0 Å². The molecule has 1 atom stereocenters. The molecule has 0 spiro atoms. The van der Waals surface area contributed by atoms with Crippen LogP contribution in [0.25, 0.3) is 11.4 Å². The molecular formula is C18H17N5O2. The summed E-state index contributed by atoms with van der Waals surface area (Å²) in [6, 6.07) is 16.5. The Balaban J connectivity index is 1.53. The van der Waals surface area contributed by atoms with Gasteiger partial charge in [-0.25, -0.2) is 4.68 Å². The first kappa shape index (κ1) is 15.5. The molecule has 0 saturated heterocycles. The number of hydrogen-bond acceptors (Lipinski definition) is 5. The normalized spacial score (nSPS) is 14.9. The Bertz CT molecular complexity index is 889. The van der Waals surface area contributed by atoms with Crippen molar-refractivity contribution in [1.29, 1.82) is 0 Å². The van der Waals surface area contributed by atoms with Gasteiger partial charge < -0.3 is 10.4 Å². The highest BCUT2D eigenvalue weighted by atomic mass is 16.3. The van der Waals surface area contributed by atoms with Gasteiger partial charge in [-0.05, 0) is 41.0 Å². The minimum absolute atomic E-state index is 0.364. The van der Waals surface area contributed by atoms with Crippen LogP contribution in [0.15, 0.2) is 54.6 Å². The van der Waals surface area contributed by atoms with Crippen molar-refractivity contribution in [2.24, 2.45) is 0 Å². The zero-order valence-electron chi connectivity index (χ0n) is 13.4. The van der Waals surface area contributed by atoms with Crippen LogP contribution in [0.2, 0.25) is 0 Å². The molecule has 1 heterocycles. The van der Waals surface area contributed by atoms with Gasteiger partial charge in [-0.2, -0.15) is 0 Å². The number of benzene rings is 2. The Kier molecular flexibility index (Phi) is 3.99. The lowest BCUT2D eigenvalue weighted by Gasteiger charge is -2.12. The van der Waals surface area contributed by atoms with Crippen molar-refractivity contribution >= 4 is 11.6 Å². The third kappa shape index (κ3) is 3.27. The number of carbonyl (C=O) groups is 1. The molecule has 0 bridgehead atoms. The van der Waals surface area contributed by atoms with Crippen LogP contribution in [0.3, 0.4) is 0 Å². The molecule has 2 N–H and O–H groups in total. The van der Waals surface area contributed by atoms with Crippen molar-refractivity contribution in [3.63, 3.8) is 0 Å². The maximum atomic E-state index is 12.3. The van der Waals surface area contributed by atoms with E-state index in [1.807, 2.05) is 22.9 Å². The Morgan fingerprint density at radius 1 is 1.16 bits per heavy atom. The van der Waals surface area contributed by atoms with Crippen molar-refractivity contribution in [1.82, 2.24) is 20.2 Å². The van der Waals surface area contributed by atoms with Gasteiger partial charge in [0.25, 0.3) is 5.91 Å². The molecule has 126 valence electrons. The van der Waals surface area contributed by atoms with E-state index in [2.05, 4.69) is 20.8 Å². The molecule has 1 aliphatic carbocycles. The monoisotopic (exact) mass is 335 g/mol. The number of nitrogens with one attached hydrogen (secondary N) is 1. The number of hydrogen-bond donors (Lipinski definition) is 2. The zero-order chi connectivity index (χ0) is 17.2. The predicted octanol–water partition coefficient (Wildman–Crippen LogP) is 2.35. The van der Waals surface area contributed by atoms with Crippen LogP contribution >= 0.6 is 0 Å². The fourth-order valence-electron chi connectivity index (χ4n) is 2.68. The Hall–Kier alpha value is -3.06. The second-order valence-electron chi connectivity index (χ2n) is 6.06. The van der Waals surface area contributed by atoms with Gasteiger partial charge in [-0.3, -0.25) is 4.79 Å². The molecule has 7 nitrogen and oxygen atoms in total. The summed E-state index contributed by atoms with van der Waals surface area (Å²) in [6.45, 7) is 0. The number of aliphatic hydroxyl groups excluding tert-OH is 1. The maximum Gasteiger partial charge on any atom is 0.257 e. The molecule has 7 heteroatoms. The summed E-state index contributed by atoms with van der Waals surface area (Å²) in [4.78, 5) is 12.3. The SMILES string of the molecule is O=C(Nc1cccc(-c2nnnn2C2CC2)c1)C(O)c1ccccc1. The number of tetrazole rings is 1. The molecule has 1 saturated carbocycles. The summed E-state index contributed by atoms with van der Waals surface area (Å²) in [6.07, 6.45) is 0.941. The molecule has 1 aliphatic rings. The second-order valence-corrected chi connectivity index (χ2v) is 6.06.